The quantitative estimate of drug-likeness (QED) is 0.509. The number of hydrogen-bond acceptors (Lipinski definition) is 0. The van der Waals surface area contributed by atoms with Crippen molar-refractivity contribution in [3.63, 3.8) is 0 Å². The molecule has 0 amide bonds. The second-order valence-electron chi connectivity index (χ2n) is 3.23. The molecule has 0 heterocycles. The van der Waals surface area contributed by atoms with Gasteiger partial charge < -0.3 is 0 Å². The van der Waals surface area contributed by atoms with Crippen molar-refractivity contribution >= 4 is 0 Å². The molecule has 0 saturated carbocycles. The summed E-state index contributed by atoms with van der Waals surface area (Å²) >= 11 is 0. The molecule has 0 aliphatic carbocycles. The van der Waals surface area contributed by atoms with Crippen molar-refractivity contribution in [1.82, 2.24) is 0 Å². The van der Waals surface area contributed by atoms with E-state index in [0.717, 1.165) is 0 Å². The fourth-order valence-corrected chi connectivity index (χ4v) is 1.03. The van der Waals surface area contributed by atoms with Crippen molar-refractivity contribution in [3.8, 4) is 0 Å². The summed E-state index contributed by atoms with van der Waals surface area (Å²) in [4.78, 5) is 0. The van der Waals surface area contributed by atoms with E-state index in [1.54, 1.807) is 0 Å². The van der Waals surface area contributed by atoms with Crippen molar-refractivity contribution in [1.29, 1.82) is 0 Å². The van der Waals surface area contributed by atoms with Crippen LogP contribution in [-0.4, -0.2) is 0 Å². The molecule has 0 N–H and O–H groups in total. The van der Waals surface area contributed by atoms with Gasteiger partial charge in [-0.05, 0) is 0 Å². The van der Waals surface area contributed by atoms with E-state index >= 15 is 0 Å². The van der Waals surface area contributed by atoms with Gasteiger partial charge in [-0.25, -0.2) is 0 Å². The number of hydrogen-bond donors (Lipinski definition) is 0. The first-order valence-corrected chi connectivity index (χ1v) is 5.73. The van der Waals surface area contributed by atoms with Gasteiger partial charge in [0.05, 0.1) is 0 Å². The average molecular weight is 376 g/mol. The van der Waals surface area contributed by atoms with Crippen molar-refractivity contribution in [2.45, 2.75) is 0 Å². The normalized spacial score (nSPS) is 7.58. The second kappa shape index (κ2) is 15.1. The van der Waals surface area contributed by atoms with E-state index in [1.807, 2.05) is 91.0 Å². The van der Waals surface area contributed by atoms with Crippen LogP contribution in [0.2, 0.25) is 0 Å². The summed E-state index contributed by atoms with van der Waals surface area (Å²) in [6.45, 7) is 0. The van der Waals surface area contributed by atoms with Crippen molar-refractivity contribution in [2.75, 3.05) is 0 Å². The monoisotopic (exact) mass is 373 g/mol. The largest absolute Gasteiger partial charge is 3.00 e. The minimum Gasteiger partial charge on any atom is -0.184 e. The van der Waals surface area contributed by atoms with E-state index in [4.69, 9.17) is 0 Å². The molecule has 1 heteroatoms. The van der Waals surface area contributed by atoms with E-state index in [2.05, 4.69) is 18.2 Å². The smallest absolute Gasteiger partial charge is 0.184 e. The maximum absolute atomic E-state index is 2.89. The van der Waals surface area contributed by atoms with Crippen LogP contribution in [0.25, 0.3) is 0 Å². The Labute approximate surface area is 149 Å². The molecule has 3 aromatic carbocycles. The molecule has 0 aliphatic rings. The SMILES string of the molecule is [Nd+3].[c-]1ccccc1.[c-]1ccccc1.[c-]1ccccc1. The van der Waals surface area contributed by atoms with E-state index < -0.39 is 0 Å². The molecule has 0 nitrogen and oxygen atoms in total. The standard InChI is InChI=1S/3C6H5.Nd/c3*1-2-4-6-5-3-1;/h3*1-5H;/q3*-1;+3. The van der Waals surface area contributed by atoms with E-state index in [0.29, 0.717) is 0 Å². The van der Waals surface area contributed by atoms with Gasteiger partial charge in [-0.15, -0.1) is 0 Å². The number of rotatable bonds is 0. The molecule has 0 unspecified atom stereocenters. The Balaban J connectivity index is 0.000000249. The van der Waals surface area contributed by atoms with Crippen LogP contribution in [0.4, 0.5) is 0 Å². The Kier molecular flexibility index (Phi) is 14.3. The molecule has 19 heavy (non-hydrogen) atoms. The molecule has 0 aliphatic heterocycles. The Hall–Kier alpha value is -0.989. The van der Waals surface area contributed by atoms with Gasteiger partial charge in [0.1, 0.15) is 0 Å². The van der Waals surface area contributed by atoms with Gasteiger partial charge >= 0.3 is 40.8 Å². The predicted octanol–water partition coefficient (Wildman–Crippen LogP) is 4.46. The van der Waals surface area contributed by atoms with Gasteiger partial charge in [0, 0.05) is 0 Å². The Morgan fingerprint density at radius 3 is 0.579 bits per heavy atom. The molecule has 1 radical (unpaired) electrons. The van der Waals surface area contributed by atoms with Gasteiger partial charge in [-0.2, -0.15) is 109 Å². The summed E-state index contributed by atoms with van der Waals surface area (Å²) in [5.74, 6) is 0. The van der Waals surface area contributed by atoms with Gasteiger partial charge in [-0.3, -0.25) is 0 Å². The summed E-state index contributed by atoms with van der Waals surface area (Å²) in [5.41, 5.74) is 0. The van der Waals surface area contributed by atoms with Gasteiger partial charge in [0.25, 0.3) is 0 Å². The van der Waals surface area contributed by atoms with Crippen LogP contribution >= 0.6 is 0 Å². The molecule has 0 fully saturated rings. The summed E-state index contributed by atoms with van der Waals surface area (Å²) in [6, 6.07) is 37.5. The molecule has 0 aromatic heterocycles. The predicted molar refractivity (Wildman–Crippen MR) is 75.8 cm³/mol. The van der Waals surface area contributed by atoms with Crippen LogP contribution in [0, 0.1) is 59.0 Å². The first kappa shape index (κ1) is 18.0. The zero-order valence-corrected chi connectivity index (χ0v) is 13.9. The molecule has 0 atom stereocenters. The second-order valence-corrected chi connectivity index (χ2v) is 3.23. The molecule has 3 aromatic rings. The summed E-state index contributed by atoms with van der Waals surface area (Å²) in [6.07, 6.45) is 0. The third-order valence-electron chi connectivity index (χ3n) is 1.82. The van der Waals surface area contributed by atoms with Gasteiger partial charge in [0.2, 0.25) is 0 Å². The van der Waals surface area contributed by atoms with Crippen molar-refractivity contribution in [3.05, 3.63) is 109 Å². The molecular weight excluding hydrogens is 360 g/mol. The van der Waals surface area contributed by atoms with Crippen molar-refractivity contribution < 1.29 is 40.8 Å². The first-order valence-electron chi connectivity index (χ1n) is 5.73. The van der Waals surface area contributed by atoms with E-state index in [9.17, 15) is 0 Å². The third kappa shape index (κ3) is 13.2. The fourth-order valence-electron chi connectivity index (χ4n) is 1.03. The zero-order valence-electron chi connectivity index (χ0n) is 10.7. The van der Waals surface area contributed by atoms with Crippen LogP contribution in [0.5, 0.6) is 0 Å². The van der Waals surface area contributed by atoms with Crippen LogP contribution in [0.3, 0.4) is 0 Å². The van der Waals surface area contributed by atoms with E-state index in [-0.39, 0.29) is 40.8 Å². The molecule has 91 valence electrons. The molecular formula is C18H15Nd. The minimum atomic E-state index is 0. The topological polar surface area (TPSA) is 0 Å². The van der Waals surface area contributed by atoms with Crippen LogP contribution in [0.15, 0.2) is 91.0 Å². The van der Waals surface area contributed by atoms with Crippen LogP contribution in [0.1, 0.15) is 0 Å². The number of benzene rings is 3. The first-order chi connectivity index (χ1) is 9.00. The third-order valence-corrected chi connectivity index (χ3v) is 1.82. The molecule has 0 spiro atoms. The Bertz CT molecular complexity index is 296. The maximum Gasteiger partial charge on any atom is 3.00 e. The fraction of sp³-hybridized carbons (Fsp3) is 0. The summed E-state index contributed by atoms with van der Waals surface area (Å²) < 4.78 is 0. The Morgan fingerprint density at radius 1 is 0.316 bits per heavy atom. The average Bonchev–Trinajstić information content (AvgIpc) is 2.54. The molecule has 3 rings (SSSR count). The summed E-state index contributed by atoms with van der Waals surface area (Å²) in [5, 5.41) is 0. The minimum absolute atomic E-state index is 0. The van der Waals surface area contributed by atoms with Crippen LogP contribution < -0.4 is 0 Å². The van der Waals surface area contributed by atoms with Crippen molar-refractivity contribution in [2.24, 2.45) is 0 Å². The van der Waals surface area contributed by atoms with Gasteiger partial charge in [-0.1, -0.05) is 0 Å². The maximum atomic E-state index is 2.89. The van der Waals surface area contributed by atoms with E-state index in [1.165, 1.54) is 0 Å². The Morgan fingerprint density at radius 2 is 0.526 bits per heavy atom. The summed E-state index contributed by atoms with van der Waals surface area (Å²) in [7, 11) is 0. The van der Waals surface area contributed by atoms with Crippen LogP contribution in [-0.2, 0) is 0 Å². The molecule has 0 saturated heterocycles. The zero-order chi connectivity index (χ0) is 12.7. The van der Waals surface area contributed by atoms with Gasteiger partial charge in [0.15, 0.2) is 0 Å². The molecule has 0 bridgehead atoms.